The molecular formula is C13H16N2O. The topological polar surface area (TPSA) is 52.0 Å². The third-order valence-corrected chi connectivity index (χ3v) is 3.54. The summed E-state index contributed by atoms with van der Waals surface area (Å²) in [5.74, 6) is 0.613. The van der Waals surface area contributed by atoms with Crippen molar-refractivity contribution < 1.29 is 4.52 Å². The lowest BCUT2D eigenvalue weighted by atomic mass is 9.82. The molecule has 2 aromatic rings. The van der Waals surface area contributed by atoms with Crippen LogP contribution in [0.15, 0.2) is 22.7 Å². The van der Waals surface area contributed by atoms with Crippen LogP contribution in [0, 0.1) is 0 Å². The summed E-state index contributed by atoms with van der Waals surface area (Å²) in [6.07, 6.45) is 3.81. The highest BCUT2D eigenvalue weighted by molar-refractivity contribution is 5.80. The van der Waals surface area contributed by atoms with Crippen LogP contribution in [0.1, 0.15) is 49.4 Å². The third-order valence-electron chi connectivity index (χ3n) is 3.54. The molecule has 3 nitrogen and oxygen atoms in total. The number of benzene rings is 1. The molecule has 0 radical (unpaired) electrons. The Morgan fingerprint density at radius 2 is 2.25 bits per heavy atom. The average molecular weight is 216 g/mol. The predicted molar refractivity (Wildman–Crippen MR) is 63.2 cm³/mol. The Morgan fingerprint density at radius 1 is 1.44 bits per heavy atom. The van der Waals surface area contributed by atoms with Crippen LogP contribution in [0.3, 0.4) is 0 Å². The fraction of sp³-hybridized carbons (Fsp3) is 0.462. The molecule has 1 fully saturated rings. The molecule has 3 heteroatoms. The number of fused-ring (bicyclic) bond motifs is 1. The number of hydrogen-bond donors (Lipinski definition) is 1. The van der Waals surface area contributed by atoms with Gasteiger partial charge in [-0.15, -0.1) is 0 Å². The number of nitrogens with two attached hydrogens (primary N) is 1. The summed E-state index contributed by atoms with van der Waals surface area (Å²) in [6, 6.07) is 6.22. The molecule has 0 aliphatic heterocycles. The van der Waals surface area contributed by atoms with Crippen LogP contribution in [0.2, 0.25) is 0 Å². The molecule has 1 heterocycles. The van der Waals surface area contributed by atoms with E-state index in [1.807, 2.05) is 13.0 Å². The Kier molecular flexibility index (Phi) is 2.21. The van der Waals surface area contributed by atoms with Gasteiger partial charge in [0.05, 0.1) is 5.69 Å². The van der Waals surface area contributed by atoms with Crippen molar-refractivity contribution in [3.8, 4) is 0 Å². The largest absolute Gasteiger partial charge is 0.356 e. The minimum atomic E-state index is 0.0432. The van der Waals surface area contributed by atoms with Crippen LogP contribution in [-0.2, 0) is 0 Å². The normalized spacial score (nSPS) is 18.6. The van der Waals surface area contributed by atoms with Crippen molar-refractivity contribution in [3.63, 3.8) is 0 Å². The third kappa shape index (κ3) is 1.43. The molecule has 0 bridgehead atoms. The maximum Gasteiger partial charge on any atom is 0.167 e. The zero-order valence-electron chi connectivity index (χ0n) is 9.44. The van der Waals surface area contributed by atoms with E-state index in [1.165, 1.54) is 19.3 Å². The van der Waals surface area contributed by atoms with Gasteiger partial charge in [-0.25, -0.2) is 0 Å². The van der Waals surface area contributed by atoms with Crippen molar-refractivity contribution in [1.29, 1.82) is 0 Å². The van der Waals surface area contributed by atoms with Gasteiger partial charge in [0.1, 0.15) is 0 Å². The molecule has 1 aromatic heterocycles. The molecule has 1 unspecified atom stereocenters. The van der Waals surface area contributed by atoms with Crippen molar-refractivity contribution in [1.82, 2.24) is 5.16 Å². The lowest BCUT2D eigenvalue weighted by Gasteiger charge is -2.22. The van der Waals surface area contributed by atoms with E-state index in [9.17, 15) is 0 Å². The Bertz CT molecular complexity index is 512. The minimum absolute atomic E-state index is 0.0432. The summed E-state index contributed by atoms with van der Waals surface area (Å²) in [7, 11) is 0. The molecule has 1 aliphatic carbocycles. The van der Waals surface area contributed by atoms with Crippen LogP contribution >= 0.6 is 0 Å². The van der Waals surface area contributed by atoms with Crippen LogP contribution in [0.4, 0.5) is 0 Å². The maximum atomic E-state index is 5.85. The van der Waals surface area contributed by atoms with Crippen molar-refractivity contribution in [2.45, 2.75) is 38.1 Å². The van der Waals surface area contributed by atoms with Crippen molar-refractivity contribution in [2.75, 3.05) is 0 Å². The van der Waals surface area contributed by atoms with Gasteiger partial charge in [-0.2, -0.15) is 0 Å². The molecule has 0 saturated heterocycles. The molecule has 2 N–H and O–H groups in total. The smallest absolute Gasteiger partial charge is 0.167 e. The van der Waals surface area contributed by atoms with Crippen LogP contribution in [0.5, 0.6) is 0 Å². The summed E-state index contributed by atoms with van der Waals surface area (Å²) in [5.41, 5.74) is 8.96. The second kappa shape index (κ2) is 3.59. The summed E-state index contributed by atoms with van der Waals surface area (Å²) in [4.78, 5) is 0. The highest BCUT2D eigenvalue weighted by Gasteiger charge is 2.25. The van der Waals surface area contributed by atoms with Crippen molar-refractivity contribution in [2.24, 2.45) is 5.73 Å². The summed E-state index contributed by atoms with van der Waals surface area (Å²) >= 11 is 0. The van der Waals surface area contributed by atoms with Gasteiger partial charge in [0.25, 0.3) is 0 Å². The molecule has 16 heavy (non-hydrogen) atoms. The SMILES string of the molecule is CC(N)c1ccc2c(C3CCC3)noc2c1. The van der Waals surface area contributed by atoms with Crippen molar-refractivity contribution >= 4 is 11.0 Å². The maximum absolute atomic E-state index is 5.85. The lowest BCUT2D eigenvalue weighted by Crippen LogP contribution is -2.09. The minimum Gasteiger partial charge on any atom is -0.356 e. The molecule has 0 spiro atoms. The Balaban J connectivity index is 2.07. The van der Waals surface area contributed by atoms with E-state index in [0.29, 0.717) is 5.92 Å². The van der Waals surface area contributed by atoms with Gasteiger partial charge in [0, 0.05) is 17.3 Å². The summed E-state index contributed by atoms with van der Waals surface area (Å²) in [6.45, 7) is 1.98. The van der Waals surface area contributed by atoms with E-state index in [4.69, 9.17) is 10.3 Å². The van der Waals surface area contributed by atoms with Gasteiger partial charge in [-0.3, -0.25) is 0 Å². The zero-order chi connectivity index (χ0) is 11.1. The van der Waals surface area contributed by atoms with Gasteiger partial charge in [0.15, 0.2) is 5.58 Å². The average Bonchev–Trinajstić information content (AvgIpc) is 2.59. The second-order valence-electron chi connectivity index (χ2n) is 4.74. The molecule has 1 aliphatic rings. The Labute approximate surface area is 94.6 Å². The fourth-order valence-electron chi connectivity index (χ4n) is 2.23. The first kappa shape index (κ1) is 9.85. The molecule has 1 atom stereocenters. The quantitative estimate of drug-likeness (QED) is 0.839. The van der Waals surface area contributed by atoms with E-state index < -0.39 is 0 Å². The van der Waals surface area contributed by atoms with E-state index in [1.54, 1.807) is 0 Å². The number of rotatable bonds is 2. The van der Waals surface area contributed by atoms with E-state index in [0.717, 1.165) is 22.2 Å². The molecule has 3 rings (SSSR count). The van der Waals surface area contributed by atoms with E-state index in [2.05, 4.69) is 17.3 Å². The Morgan fingerprint density at radius 3 is 2.88 bits per heavy atom. The highest BCUT2D eigenvalue weighted by Crippen LogP contribution is 2.39. The van der Waals surface area contributed by atoms with Gasteiger partial charge in [0.2, 0.25) is 0 Å². The standard InChI is InChI=1S/C13H16N2O/c1-8(14)10-5-6-11-12(7-10)16-15-13(11)9-3-2-4-9/h5-9H,2-4,14H2,1H3. The monoisotopic (exact) mass is 216 g/mol. The summed E-state index contributed by atoms with van der Waals surface area (Å²) in [5, 5.41) is 5.36. The Hall–Kier alpha value is -1.35. The molecule has 0 amide bonds. The van der Waals surface area contributed by atoms with Gasteiger partial charge >= 0.3 is 0 Å². The highest BCUT2D eigenvalue weighted by atomic mass is 16.5. The molecule has 84 valence electrons. The molecular weight excluding hydrogens is 200 g/mol. The number of aromatic nitrogens is 1. The van der Waals surface area contributed by atoms with Gasteiger partial charge < -0.3 is 10.3 Å². The first-order valence-electron chi connectivity index (χ1n) is 5.90. The van der Waals surface area contributed by atoms with E-state index in [-0.39, 0.29) is 6.04 Å². The number of hydrogen-bond acceptors (Lipinski definition) is 3. The second-order valence-corrected chi connectivity index (χ2v) is 4.74. The fourth-order valence-corrected chi connectivity index (χ4v) is 2.23. The zero-order valence-corrected chi connectivity index (χ0v) is 9.44. The first-order chi connectivity index (χ1) is 7.75. The van der Waals surface area contributed by atoms with Crippen LogP contribution in [0.25, 0.3) is 11.0 Å². The van der Waals surface area contributed by atoms with E-state index >= 15 is 0 Å². The van der Waals surface area contributed by atoms with Gasteiger partial charge in [-0.1, -0.05) is 17.6 Å². The first-order valence-corrected chi connectivity index (χ1v) is 5.90. The van der Waals surface area contributed by atoms with Crippen molar-refractivity contribution in [3.05, 3.63) is 29.5 Å². The number of nitrogens with zero attached hydrogens (tertiary/aromatic N) is 1. The molecule has 1 saturated carbocycles. The van der Waals surface area contributed by atoms with Gasteiger partial charge in [-0.05, 0) is 37.5 Å². The summed E-state index contributed by atoms with van der Waals surface area (Å²) < 4.78 is 5.39. The van der Waals surface area contributed by atoms with Crippen LogP contribution in [-0.4, -0.2) is 5.16 Å². The lowest BCUT2D eigenvalue weighted by molar-refractivity contribution is 0.375. The van der Waals surface area contributed by atoms with Crippen LogP contribution < -0.4 is 5.73 Å². The molecule has 1 aromatic carbocycles. The predicted octanol–water partition coefficient (Wildman–Crippen LogP) is 3.12.